The van der Waals surface area contributed by atoms with Crippen molar-refractivity contribution < 1.29 is 28.6 Å². The molecule has 34 heavy (non-hydrogen) atoms. The lowest BCUT2D eigenvalue weighted by molar-refractivity contribution is -0.150. The lowest BCUT2D eigenvalue weighted by atomic mass is 10.1. The Morgan fingerprint density at radius 3 is 2.68 bits per heavy atom. The van der Waals surface area contributed by atoms with E-state index >= 15 is 0 Å². The van der Waals surface area contributed by atoms with Gasteiger partial charge in [-0.25, -0.2) is 0 Å². The fourth-order valence-electron chi connectivity index (χ4n) is 2.99. The van der Waals surface area contributed by atoms with Crippen LogP contribution in [0.5, 0.6) is 11.5 Å². The predicted octanol–water partition coefficient (Wildman–Crippen LogP) is 6.07. The molecule has 0 radical (unpaired) electrons. The molecule has 0 bridgehead atoms. The van der Waals surface area contributed by atoms with Crippen LogP contribution in [0.1, 0.15) is 31.4 Å². The summed E-state index contributed by atoms with van der Waals surface area (Å²) >= 11 is 10.4. The van der Waals surface area contributed by atoms with Crippen molar-refractivity contribution in [2.45, 2.75) is 33.0 Å². The fraction of sp³-hybridized carbons (Fsp3) is 0.292. The zero-order chi connectivity index (χ0) is 24.8. The van der Waals surface area contributed by atoms with Crippen LogP contribution >= 0.6 is 39.3 Å². The average molecular weight is 569 g/mol. The lowest BCUT2D eigenvalue weighted by Gasteiger charge is -2.15. The second-order valence-corrected chi connectivity index (χ2v) is 9.65. The molecule has 1 atom stereocenters. The first-order valence-electron chi connectivity index (χ1n) is 10.4. The molecule has 3 rings (SSSR count). The van der Waals surface area contributed by atoms with Crippen molar-refractivity contribution >= 4 is 62.5 Å². The zero-order valence-corrected chi connectivity index (χ0v) is 22.0. The quantitative estimate of drug-likeness (QED) is 0.268. The first-order chi connectivity index (χ1) is 16.2. The normalized spacial score (nSPS) is 15.6. The van der Waals surface area contributed by atoms with Gasteiger partial charge < -0.3 is 14.2 Å². The number of thioether (sulfide) groups is 1. The Labute approximate surface area is 215 Å². The summed E-state index contributed by atoms with van der Waals surface area (Å²) in [6, 6.07) is 10.8. The van der Waals surface area contributed by atoms with Gasteiger partial charge in [0.2, 0.25) is 0 Å². The van der Waals surface area contributed by atoms with Gasteiger partial charge in [0.25, 0.3) is 11.1 Å². The van der Waals surface area contributed by atoms with Crippen LogP contribution in [0.2, 0.25) is 5.02 Å². The van der Waals surface area contributed by atoms with E-state index in [1.807, 2.05) is 25.1 Å². The summed E-state index contributed by atoms with van der Waals surface area (Å²) in [5, 5.41) is 0.0704. The Morgan fingerprint density at radius 2 is 2.00 bits per heavy atom. The molecule has 1 aliphatic heterocycles. The summed E-state index contributed by atoms with van der Waals surface area (Å²) in [6.45, 7) is 3.44. The van der Waals surface area contributed by atoms with E-state index in [4.69, 9.17) is 25.8 Å². The summed E-state index contributed by atoms with van der Waals surface area (Å²) in [5.74, 6) is -0.267. The molecule has 1 heterocycles. The summed E-state index contributed by atoms with van der Waals surface area (Å²) in [6.07, 6.45) is 1.92. The van der Waals surface area contributed by atoms with Crippen molar-refractivity contribution in [3.05, 3.63) is 61.9 Å². The third-order valence-corrected chi connectivity index (χ3v) is 6.81. The van der Waals surface area contributed by atoms with Crippen molar-refractivity contribution in [3.8, 4) is 11.5 Å². The number of methoxy groups -OCH3 is 1. The van der Waals surface area contributed by atoms with Crippen molar-refractivity contribution in [2.24, 2.45) is 0 Å². The van der Waals surface area contributed by atoms with E-state index in [1.165, 1.54) is 7.11 Å². The highest BCUT2D eigenvalue weighted by molar-refractivity contribution is 9.10. The molecule has 2 amide bonds. The number of nitrogens with zero attached hydrogens (tertiary/aromatic N) is 1. The number of benzene rings is 2. The van der Waals surface area contributed by atoms with Gasteiger partial charge in [-0.2, -0.15) is 0 Å². The number of imide groups is 1. The van der Waals surface area contributed by atoms with Crippen LogP contribution in [0.25, 0.3) is 6.08 Å². The monoisotopic (exact) mass is 567 g/mol. The Bertz CT molecular complexity index is 1140. The highest BCUT2D eigenvalue weighted by atomic mass is 79.9. The van der Waals surface area contributed by atoms with Crippen LogP contribution in [-0.4, -0.2) is 41.8 Å². The number of carbonyl (C=O) groups excluding carboxylic acids is 3. The number of ether oxygens (including phenoxy) is 3. The van der Waals surface area contributed by atoms with Crippen LogP contribution in [0, 0.1) is 0 Å². The smallest absolute Gasteiger partial charge is 0.326 e. The molecule has 2 aromatic carbocycles. The maximum absolute atomic E-state index is 12.7. The molecule has 0 aliphatic carbocycles. The number of carbonyl (C=O) groups is 3. The summed E-state index contributed by atoms with van der Waals surface area (Å²) < 4.78 is 17.2. The first kappa shape index (κ1) is 26.1. The van der Waals surface area contributed by atoms with Crippen molar-refractivity contribution in [1.29, 1.82) is 0 Å². The minimum Gasteiger partial charge on any atom is -0.493 e. The third kappa shape index (κ3) is 6.34. The molecule has 180 valence electrons. The van der Waals surface area contributed by atoms with E-state index in [9.17, 15) is 14.4 Å². The van der Waals surface area contributed by atoms with Gasteiger partial charge in [-0.3, -0.25) is 19.3 Å². The SMILES string of the molecule is CC[C@H](C)OC(=O)CN1C(=O)S/C(=C/c2cc(Br)c(OCc3ccccc3Cl)c(OC)c2)C1=O. The van der Waals surface area contributed by atoms with E-state index in [0.717, 1.165) is 22.2 Å². The third-order valence-electron chi connectivity index (χ3n) is 4.95. The van der Waals surface area contributed by atoms with Gasteiger partial charge >= 0.3 is 5.97 Å². The van der Waals surface area contributed by atoms with Gasteiger partial charge in [0.1, 0.15) is 13.2 Å². The largest absolute Gasteiger partial charge is 0.493 e. The first-order valence-corrected chi connectivity index (χ1v) is 12.4. The fourth-order valence-corrected chi connectivity index (χ4v) is 4.59. The van der Waals surface area contributed by atoms with Crippen LogP contribution < -0.4 is 9.47 Å². The van der Waals surface area contributed by atoms with Crippen LogP contribution in [-0.2, 0) is 20.9 Å². The lowest BCUT2D eigenvalue weighted by Crippen LogP contribution is -2.35. The van der Waals surface area contributed by atoms with Crippen LogP contribution in [0.15, 0.2) is 45.8 Å². The topological polar surface area (TPSA) is 82.1 Å². The van der Waals surface area contributed by atoms with Crippen LogP contribution in [0.4, 0.5) is 4.79 Å². The number of rotatable bonds is 9. The summed E-state index contributed by atoms with van der Waals surface area (Å²) in [5.41, 5.74) is 1.43. The minimum absolute atomic E-state index is 0.194. The molecule has 10 heteroatoms. The van der Waals surface area contributed by atoms with E-state index in [1.54, 1.807) is 31.2 Å². The van der Waals surface area contributed by atoms with Crippen LogP contribution in [0.3, 0.4) is 0 Å². The van der Waals surface area contributed by atoms with Crippen molar-refractivity contribution in [1.82, 2.24) is 4.90 Å². The number of halogens is 2. The molecular formula is C24H23BrClNO6S. The molecular weight excluding hydrogens is 546 g/mol. The van der Waals surface area contributed by atoms with Gasteiger partial charge in [-0.05, 0) is 70.9 Å². The average Bonchev–Trinajstić information content (AvgIpc) is 3.06. The van der Waals surface area contributed by atoms with E-state index in [2.05, 4.69) is 15.9 Å². The van der Waals surface area contributed by atoms with Gasteiger partial charge in [0, 0.05) is 10.6 Å². The number of hydrogen-bond donors (Lipinski definition) is 0. The molecule has 0 N–H and O–H groups in total. The van der Waals surface area contributed by atoms with Gasteiger partial charge in [-0.1, -0.05) is 36.7 Å². The molecule has 0 saturated carbocycles. The van der Waals surface area contributed by atoms with Crippen molar-refractivity contribution in [3.63, 3.8) is 0 Å². The molecule has 0 spiro atoms. The highest BCUT2D eigenvalue weighted by Crippen LogP contribution is 2.39. The Kier molecular flexibility index (Phi) is 9.04. The maximum atomic E-state index is 12.7. The zero-order valence-electron chi connectivity index (χ0n) is 18.8. The van der Waals surface area contributed by atoms with E-state index in [0.29, 0.717) is 33.0 Å². The number of hydrogen-bond acceptors (Lipinski definition) is 7. The second-order valence-electron chi connectivity index (χ2n) is 7.39. The molecule has 1 fully saturated rings. The van der Waals surface area contributed by atoms with Gasteiger partial charge in [0.15, 0.2) is 11.5 Å². The Morgan fingerprint density at radius 1 is 1.26 bits per heavy atom. The number of esters is 1. The maximum Gasteiger partial charge on any atom is 0.326 e. The van der Waals surface area contributed by atoms with Gasteiger partial charge in [-0.15, -0.1) is 0 Å². The molecule has 1 saturated heterocycles. The van der Waals surface area contributed by atoms with Gasteiger partial charge in [0.05, 0.1) is 22.6 Å². The van der Waals surface area contributed by atoms with E-state index < -0.39 is 23.7 Å². The Balaban J connectivity index is 1.77. The predicted molar refractivity (Wildman–Crippen MR) is 135 cm³/mol. The summed E-state index contributed by atoms with van der Waals surface area (Å²) in [7, 11) is 1.50. The number of amides is 2. The van der Waals surface area contributed by atoms with Crippen molar-refractivity contribution in [2.75, 3.05) is 13.7 Å². The minimum atomic E-state index is -0.623. The Hall–Kier alpha value is -2.49. The molecule has 2 aromatic rings. The summed E-state index contributed by atoms with van der Waals surface area (Å²) in [4.78, 5) is 38.2. The van der Waals surface area contributed by atoms with E-state index in [-0.39, 0.29) is 17.6 Å². The molecule has 7 nitrogen and oxygen atoms in total. The second kappa shape index (κ2) is 11.8. The highest BCUT2D eigenvalue weighted by Gasteiger charge is 2.37. The standard InChI is InChI=1S/C24H23BrClNO6S/c1-4-14(2)33-21(28)12-27-23(29)20(34-24(27)30)11-15-9-17(25)22(19(10-15)31-3)32-13-16-7-5-6-8-18(16)26/h5-11,14H,4,12-13H2,1-3H3/b20-11+/t14-/m0/s1. The molecule has 0 aromatic heterocycles. The molecule has 1 aliphatic rings. The molecule has 0 unspecified atom stereocenters.